The SMILES string of the molecule is N[C@@H]1CCCC[C@@H]1N.[Pt+2]. The molecule has 0 radical (unpaired) electrons. The molecule has 2 nitrogen and oxygen atoms in total. The number of nitrogens with two attached hydrogens (primary N) is 2. The molecule has 0 amide bonds. The molecule has 1 rings (SSSR count). The largest absolute Gasteiger partial charge is 2.00 e. The van der Waals surface area contributed by atoms with Crippen LogP contribution < -0.4 is 11.5 Å². The Morgan fingerprint density at radius 3 is 1.44 bits per heavy atom. The molecule has 3 heteroatoms. The third-order valence-corrected chi connectivity index (χ3v) is 1.87. The van der Waals surface area contributed by atoms with Crippen molar-refractivity contribution in [2.45, 2.75) is 37.8 Å². The van der Waals surface area contributed by atoms with Crippen LogP contribution in [0.2, 0.25) is 0 Å². The number of hydrogen-bond acceptors (Lipinski definition) is 2. The summed E-state index contributed by atoms with van der Waals surface area (Å²) in [5.41, 5.74) is 11.3. The van der Waals surface area contributed by atoms with Crippen molar-refractivity contribution in [2.24, 2.45) is 11.5 Å². The van der Waals surface area contributed by atoms with Gasteiger partial charge in [0.2, 0.25) is 0 Å². The smallest absolute Gasteiger partial charge is 0.326 e. The summed E-state index contributed by atoms with van der Waals surface area (Å²) in [6.07, 6.45) is 4.80. The fourth-order valence-corrected chi connectivity index (χ4v) is 1.19. The van der Waals surface area contributed by atoms with E-state index in [4.69, 9.17) is 11.5 Å². The van der Waals surface area contributed by atoms with Gasteiger partial charge in [-0.2, -0.15) is 0 Å². The van der Waals surface area contributed by atoms with Crippen molar-refractivity contribution in [3.8, 4) is 0 Å². The Bertz CT molecular complexity index is 67.5. The molecule has 0 aromatic rings. The van der Waals surface area contributed by atoms with Crippen LogP contribution in [0, 0.1) is 0 Å². The molecule has 56 valence electrons. The van der Waals surface area contributed by atoms with E-state index in [2.05, 4.69) is 0 Å². The second-order valence-corrected chi connectivity index (χ2v) is 2.61. The molecule has 0 heterocycles. The van der Waals surface area contributed by atoms with Gasteiger partial charge >= 0.3 is 21.1 Å². The van der Waals surface area contributed by atoms with E-state index in [1.807, 2.05) is 0 Å². The van der Waals surface area contributed by atoms with Crippen LogP contribution in [0.3, 0.4) is 0 Å². The van der Waals surface area contributed by atoms with E-state index in [-0.39, 0.29) is 33.1 Å². The standard InChI is InChI=1S/C6H14N2.Pt/c7-5-3-1-2-4-6(5)8;/h5-6H,1-4,7-8H2;/q;+2/t5-,6+;. The molecule has 4 N–H and O–H groups in total. The Morgan fingerprint density at radius 2 is 1.22 bits per heavy atom. The van der Waals surface area contributed by atoms with Gasteiger partial charge in [0.15, 0.2) is 0 Å². The predicted molar refractivity (Wildman–Crippen MR) is 34.4 cm³/mol. The zero-order chi connectivity index (χ0) is 5.98. The van der Waals surface area contributed by atoms with Gasteiger partial charge in [0.05, 0.1) is 0 Å². The Morgan fingerprint density at radius 1 is 0.889 bits per heavy atom. The first-order valence-electron chi connectivity index (χ1n) is 3.32. The number of hydrogen-bond donors (Lipinski definition) is 2. The van der Waals surface area contributed by atoms with Crippen molar-refractivity contribution in [3.63, 3.8) is 0 Å². The molecule has 1 aliphatic rings. The molecule has 0 aliphatic heterocycles. The van der Waals surface area contributed by atoms with Gasteiger partial charge < -0.3 is 11.5 Å². The molecular weight excluding hydrogens is 295 g/mol. The van der Waals surface area contributed by atoms with E-state index < -0.39 is 0 Å². The van der Waals surface area contributed by atoms with Crippen LogP contribution in [-0.4, -0.2) is 12.1 Å². The average molecular weight is 309 g/mol. The predicted octanol–water partition coefficient (Wildman–Crippen LogP) is 0.213. The summed E-state index contributed by atoms with van der Waals surface area (Å²) in [4.78, 5) is 0. The van der Waals surface area contributed by atoms with Crippen molar-refractivity contribution in [1.82, 2.24) is 0 Å². The normalized spacial score (nSPS) is 35.3. The first-order valence-corrected chi connectivity index (χ1v) is 3.32. The summed E-state index contributed by atoms with van der Waals surface area (Å²) in [5.74, 6) is 0. The van der Waals surface area contributed by atoms with Crippen molar-refractivity contribution < 1.29 is 21.1 Å². The van der Waals surface area contributed by atoms with E-state index in [1.165, 1.54) is 12.8 Å². The van der Waals surface area contributed by atoms with Crippen molar-refractivity contribution in [1.29, 1.82) is 0 Å². The monoisotopic (exact) mass is 309 g/mol. The zero-order valence-electron chi connectivity index (χ0n) is 5.45. The summed E-state index contributed by atoms with van der Waals surface area (Å²) in [6, 6.07) is 0.562. The van der Waals surface area contributed by atoms with Gasteiger partial charge in [0, 0.05) is 12.1 Å². The van der Waals surface area contributed by atoms with Crippen LogP contribution in [0.1, 0.15) is 25.7 Å². The average Bonchev–Trinajstić information content (AvgIpc) is 1.77. The van der Waals surface area contributed by atoms with Crippen molar-refractivity contribution in [3.05, 3.63) is 0 Å². The topological polar surface area (TPSA) is 52.0 Å². The van der Waals surface area contributed by atoms with Crippen LogP contribution >= 0.6 is 0 Å². The van der Waals surface area contributed by atoms with Gasteiger partial charge in [0.1, 0.15) is 0 Å². The molecule has 0 aromatic carbocycles. The minimum Gasteiger partial charge on any atom is -0.326 e. The molecule has 0 saturated heterocycles. The second kappa shape index (κ2) is 4.43. The van der Waals surface area contributed by atoms with Crippen LogP contribution in [-0.2, 0) is 21.1 Å². The van der Waals surface area contributed by atoms with Gasteiger partial charge in [-0.05, 0) is 12.8 Å². The van der Waals surface area contributed by atoms with Gasteiger partial charge in [-0.3, -0.25) is 0 Å². The van der Waals surface area contributed by atoms with E-state index in [1.54, 1.807) is 0 Å². The molecule has 0 spiro atoms. The maximum atomic E-state index is 5.65. The Hall–Kier alpha value is 0.608. The minimum atomic E-state index is 0. The van der Waals surface area contributed by atoms with E-state index in [0.29, 0.717) is 0 Å². The summed E-state index contributed by atoms with van der Waals surface area (Å²) in [7, 11) is 0. The quantitative estimate of drug-likeness (QED) is 0.672. The second-order valence-electron chi connectivity index (χ2n) is 2.61. The van der Waals surface area contributed by atoms with Gasteiger partial charge in [-0.15, -0.1) is 0 Å². The number of rotatable bonds is 0. The maximum Gasteiger partial charge on any atom is 2.00 e. The van der Waals surface area contributed by atoms with Gasteiger partial charge in [-0.1, -0.05) is 12.8 Å². The van der Waals surface area contributed by atoms with Crippen LogP contribution in [0.5, 0.6) is 0 Å². The molecule has 0 bridgehead atoms. The Labute approximate surface area is 70.6 Å². The van der Waals surface area contributed by atoms with E-state index >= 15 is 0 Å². The third kappa shape index (κ3) is 2.79. The Balaban J connectivity index is 0.000000640. The van der Waals surface area contributed by atoms with E-state index in [9.17, 15) is 0 Å². The molecular formula is C6H14N2Pt+2. The molecule has 9 heavy (non-hydrogen) atoms. The summed E-state index contributed by atoms with van der Waals surface area (Å²) in [5, 5.41) is 0. The van der Waals surface area contributed by atoms with Crippen LogP contribution in [0.15, 0.2) is 0 Å². The molecule has 0 unspecified atom stereocenters. The Kier molecular flexibility index (Phi) is 4.73. The summed E-state index contributed by atoms with van der Waals surface area (Å²) in [6.45, 7) is 0. The fraction of sp³-hybridized carbons (Fsp3) is 1.00. The fourth-order valence-electron chi connectivity index (χ4n) is 1.19. The minimum absolute atomic E-state index is 0. The summed E-state index contributed by atoms with van der Waals surface area (Å²) < 4.78 is 0. The third-order valence-electron chi connectivity index (χ3n) is 1.87. The van der Waals surface area contributed by atoms with Crippen LogP contribution in [0.4, 0.5) is 0 Å². The zero-order valence-corrected chi connectivity index (χ0v) is 7.73. The molecule has 1 aliphatic carbocycles. The van der Waals surface area contributed by atoms with Crippen LogP contribution in [0.25, 0.3) is 0 Å². The van der Waals surface area contributed by atoms with Crippen molar-refractivity contribution in [2.75, 3.05) is 0 Å². The van der Waals surface area contributed by atoms with Crippen molar-refractivity contribution >= 4 is 0 Å². The van der Waals surface area contributed by atoms with E-state index in [0.717, 1.165) is 12.8 Å². The van der Waals surface area contributed by atoms with Gasteiger partial charge in [0.25, 0.3) is 0 Å². The molecule has 1 fully saturated rings. The molecule has 0 aromatic heterocycles. The van der Waals surface area contributed by atoms with Gasteiger partial charge in [-0.25, -0.2) is 0 Å². The maximum absolute atomic E-state index is 5.65. The first-order chi connectivity index (χ1) is 3.80. The first kappa shape index (κ1) is 9.61. The molecule has 2 atom stereocenters. The summed E-state index contributed by atoms with van der Waals surface area (Å²) >= 11 is 0. The molecule has 1 saturated carbocycles.